The molecule has 0 aliphatic rings. The topological polar surface area (TPSA) is 30.2 Å². The molecule has 0 atom stereocenters. The van der Waals surface area contributed by atoms with Crippen molar-refractivity contribution < 1.29 is 0 Å². The van der Waals surface area contributed by atoms with Crippen molar-refractivity contribution >= 4 is 5.65 Å². The molecular weight excluding hydrogens is 162 g/mol. The Kier molecular flexibility index (Phi) is 1.79. The van der Waals surface area contributed by atoms with Crippen molar-refractivity contribution in [3.05, 3.63) is 29.7 Å². The van der Waals surface area contributed by atoms with E-state index in [9.17, 15) is 0 Å². The van der Waals surface area contributed by atoms with E-state index in [1.54, 1.807) is 0 Å². The molecule has 2 aromatic heterocycles. The van der Waals surface area contributed by atoms with Gasteiger partial charge in [-0.15, -0.1) is 0 Å². The highest BCUT2D eigenvalue weighted by atomic mass is 15.2. The Morgan fingerprint density at radius 3 is 2.77 bits per heavy atom. The van der Waals surface area contributed by atoms with Crippen LogP contribution in [0.4, 0.5) is 0 Å². The molecule has 0 unspecified atom stereocenters. The third-order valence-corrected chi connectivity index (χ3v) is 2.06. The standard InChI is InChI=1S/C10H13N3/c1-7(2)9-6-13-10(11-9)5-4-8(3)12-13/h4-7H,1-3H3. The van der Waals surface area contributed by atoms with Crippen molar-refractivity contribution in [2.75, 3.05) is 0 Å². The summed E-state index contributed by atoms with van der Waals surface area (Å²) >= 11 is 0. The highest BCUT2D eigenvalue weighted by molar-refractivity contribution is 5.38. The molecule has 0 spiro atoms. The van der Waals surface area contributed by atoms with Crippen LogP contribution in [0.15, 0.2) is 18.3 Å². The second kappa shape index (κ2) is 2.83. The van der Waals surface area contributed by atoms with Crippen LogP contribution < -0.4 is 0 Å². The Morgan fingerprint density at radius 1 is 1.31 bits per heavy atom. The van der Waals surface area contributed by atoms with Crippen LogP contribution >= 0.6 is 0 Å². The van der Waals surface area contributed by atoms with Gasteiger partial charge in [-0.05, 0) is 25.0 Å². The molecule has 0 radical (unpaired) electrons. The number of fused-ring (bicyclic) bond motifs is 1. The lowest BCUT2D eigenvalue weighted by Gasteiger charge is -1.94. The van der Waals surface area contributed by atoms with Crippen molar-refractivity contribution in [2.24, 2.45) is 0 Å². The summed E-state index contributed by atoms with van der Waals surface area (Å²) in [5.41, 5.74) is 3.03. The van der Waals surface area contributed by atoms with E-state index in [0.29, 0.717) is 5.92 Å². The molecule has 0 amide bonds. The van der Waals surface area contributed by atoms with E-state index < -0.39 is 0 Å². The molecule has 3 nitrogen and oxygen atoms in total. The SMILES string of the molecule is Cc1ccc2nc(C(C)C)cn2n1. The average Bonchev–Trinajstić information content (AvgIpc) is 2.46. The van der Waals surface area contributed by atoms with Crippen molar-refractivity contribution in [3.63, 3.8) is 0 Å². The zero-order valence-corrected chi connectivity index (χ0v) is 8.15. The second-order valence-corrected chi connectivity index (χ2v) is 3.60. The zero-order valence-electron chi connectivity index (χ0n) is 8.15. The first kappa shape index (κ1) is 8.23. The maximum Gasteiger partial charge on any atom is 0.153 e. The van der Waals surface area contributed by atoms with E-state index in [0.717, 1.165) is 17.0 Å². The highest BCUT2D eigenvalue weighted by Crippen LogP contribution is 2.13. The molecule has 2 aromatic rings. The van der Waals surface area contributed by atoms with E-state index in [2.05, 4.69) is 23.9 Å². The summed E-state index contributed by atoms with van der Waals surface area (Å²) in [5, 5.41) is 4.33. The molecule has 13 heavy (non-hydrogen) atoms. The lowest BCUT2D eigenvalue weighted by molar-refractivity contribution is 0.827. The van der Waals surface area contributed by atoms with Gasteiger partial charge in [0.05, 0.1) is 17.6 Å². The fourth-order valence-corrected chi connectivity index (χ4v) is 1.27. The van der Waals surface area contributed by atoms with Crippen LogP contribution in [-0.2, 0) is 0 Å². The Labute approximate surface area is 77.4 Å². The summed E-state index contributed by atoms with van der Waals surface area (Å²) < 4.78 is 1.84. The Morgan fingerprint density at radius 2 is 2.08 bits per heavy atom. The lowest BCUT2D eigenvalue weighted by Crippen LogP contribution is -1.91. The number of aromatic nitrogens is 3. The summed E-state index contributed by atoms with van der Waals surface area (Å²) in [7, 11) is 0. The second-order valence-electron chi connectivity index (χ2n) is 3.60. The van der Waals surface area contributed by atoms with E-state index in [4.69, 9.17) is 0 Å². The molecule has 0 fully saturated rings. The van der Waals surface area contributed by atoms with Gasteiger partial charge in [0.2, 0.25) is 0 Å². The first-order valence-corrected chi connectivity index (χ1v) is 4.50. The molecule has 0 aliphatic heterocycles. The monoisotopic (exact) mass is 175 g/mol. The van der Waals surface area contributed by atoms with Crippen LogP contribution in [0.25, 0.3) is 5.65 Å². The molecule has 3 heteroatoms. The smallest absolute Gasteiger partial charge is 0.153 e. The van der Waals surface area contributed by atoms with Crippen LogP contribution in [-0.4, -0.2) is 14.6 Å². The van der Waals surface area contributed by atoms with E-state index in [-0.39, 0.29) is 0 Å². The summed E-state index contributed by atoms with van der Waals surface area (Å²) in [4.78, 5) is 4.45. The molecule has 0 aromatic carbocycles. The summed E-state index contributed by atoms with van der Waals surface area (Å²) in [6.07, 6.45) is 1.99. The number of hydrogen-bond donors (Lipinski definition) is 0. The first-order valence-electron chi connectivity index (χ1n) is 4.50. The Balaban J connectivity index is 2.62. The number of rotatable bonds is 1. The predicted molar refractivity (Wildman–Crippen MR) is 51.8 cm³/mol. The lowest BCUT2D eigenvalue weighted by atomic mass is 10.2. The Hall–Kier alpha value is -1.38. The molecule has 0 bridgehead atoms. The fourth-order valence-electron chi connectivity index (χ4n) is 1.27. The van der Waals surface area contributed by atoms with Gasteiger partial charge in [-0.25, -0.2) is 9.50 Å². The third-order valence-electron chi connectivity index (χ3n) is 2.06. The summed E-state index contributed by atoms with van der Waals surface area (Å²) in [6.45, 7) is 6.25. The minimum Gasteiger partial charge on any atom is -0.232 e. The third kappa shape index (κ3) is 1.41. The predicted octanol–water partition coefficient (Wildman–Crippen LogP) is 2.16. The maximum atomic E-state index is 4.45. The van der Waals surface area contributed by atoms with Gasteiger partial charge in [-0.2, -0.15) is 5.10 Å². The van der Waals surface area contributed by atoms with Crippen LogP contribution in [0.2, 0.25) is 0 Å². The normalized spacial score (nSPS) is 11.4. The van der Waals surface area contributed by atoms with E-state index in [1.807, 2.05) is 29.8 Å². The minimum atomic E-state index is 0.460. The van der Waals surface area contributed by atoms with Gasteiger partial charge >= 0.3 is 0 Å². The van der Waals surface area contributed by atoms with Crippen LogP contribution in [0.1, 0.15) is 31.2 Å². The van der Waals surface area contributed by atoms with Crippen molar-refractivity contribution in [1.29, 1.82) is 0 Å². The fraction of sp³-hybridized carbons (Fsp3) is 0.400. The van der Waals surface area contributed by atoms with E-state index in [1.165, 1.54) is 0 Å². The van der Waals surface area contributed by atoms with Gasteiger partial charge < -0.3 is 0 Å². The molecule has 2 heterocycles. The van der Waals surface area contributed by atoms with E-state index >= 15 is 0 Å². The van der Waals surface area contributed by atoms with Gasteiger partial charge in [-0.1, -0.05) is 13.8 Å². The first-order chi connectivity index (χ1) is 6.16. The van der Waals surface area contributed by atoms with Gasteiger partial charge in [0, 0.05) is 0 Å². The number of aryl methyl sites for hydroxylation is 1. The van der Waals surface area contributed by atoms with Crippen molar-refractivity contribution in [3.8, 4) is 0 Å². The van der Waals surface area contributed by atoms with Crippen molar-refractivity contribution in [1.82, 2.24) is 14.6 Å². The van der Waals surface area contributed by atoms with Crippen molar-refractivity contribution in [2.45, 2.75) is 26.7 Å². The van der Waals surface area contributed by atoms with Gasteiger partial charge in [0.15, 0.2) is 5.65 Å². The molecule has 2 rings (SSSR count). The number of hydrogen-bond acceptors (Lipinski definition) is 2. The molecule has 0 saturated heterocycles. The van der Waals surface area contributed by atoms with Crippen LogP contribution in [0.5, 0.6) is 0 Å². The molecule has 0 saturated carbocycles. The van der Waals surface area contributed by atoms with Gasteiger partial charge in [0.1, 0.15) is 0 Å². The number of imidazole rings is 1. The Bertz CT molecular complexity index is 429. The van der Waals surface area contributed by atoms with Crippen LogP contribution in [0.3, 0.4) is 0 Å². The summed E-state index contributed by atoms with van der Waals surface area (Å²) in [5.74, 6) is 0.460. The average molecular weight is 175 g/mol. The quantitative estimate of drug-likeness (QED) is 0.664. The zero-order chi connectivity index (χ0) is 9.42. The van der Waals surface area contributed by atoms with Gasteiger partial charge in [-0.3, -0.25) is 0 Å². The molecule has 68 valence electrons. The minimum absolute atomic E-state index is 0.460. The molecule has 0 N–H and O–H groups in total. The molecule has 0 aliphatic carbocycles. The highest BCUT2D eigenvalue weighted by Gasteiger charge is 2.05. The van der Waals surface area contributed by atoms with Gasteiger partial charge in [0.25, 0.3) is 0 Å². The largest absolute Gasteiger partial charge is 0.232 e. The number of nitrogens with zero attached hydrogens (tertiary/aromatic N) is 3. The van der Waals surface area contributed by atoms with Crippen LogP contribution in [0, 0.1) is 6.92 Å². The molecular formula is C10H13N3. The summed E-state index contributed by atoms with van der Waals surface area (Å²) in [6, 6.07) is 3.97. The maximum absolute atomic E-state index is 4.45.